The first-order valence-corrected chi connectivity index (χ1v) is 9.81. The smallest absolute Gasteiger partial charge is 0.251 e. The predicted octanol–water partition coefficient (Wildman–Crippen LogP) is 2.43. The van der Waals surface area contributed by atoms with Crippen LogP contribution in [0.25, 0.3) is 0 Å². The Bertz CT molecular complexity index is 670. The molecule has 2 aliphatic rings. The fraction of sp³-hybridized carbons (Fsp3) is 0.524. The molecule has 6 heteroatoms. The molecule has 2 atom stereocenters. The number of ether oxygens (including phenoxy) is 1. The summed E-state index contributed by atoms with van der Waals surface area (Å²) >= 11 is 0. The molecule has 1 aliphatic heterocycles. The molecule has 146 valence electrons. The molecule has 1 aromatic carbocycles. The summed E-state index contributed by atoms with van der Waals surface area (Å²) in [7, 11) is 0. The Morgan fingerprint density at radius 1 is 1.22 bits per heavy atom. The Hall–Kier alpha value is -2.18. The zero-order valence-corrected chi connectivity index (χ0v) is 15.8. The number of nitrogens with zero attached hydrogens (tertiary/aromatic N) is 1. The van der Waals surface area contributed by atoms with Gasteiger partial charge in [0.1, 0.15) is 0 Å². The molecule has 1 aliphatic carbocycles. The topological polar surface area (TPSA) is 70.7 Å². The van der Waals surface area contributed by atoms with Gasteiger partial charge in [-0.1, -0.05) is 25.5 Å². The Morgan fingerprint density at radius 3 is 2.78 bits per heavy atom. The van der Waals surface area contributed by atoms with Gasteiger partial charge in [0.05, 0.1) is 13.2 Å². The highest BCUT2D eigenvalue weighted by Gasteiger charge is 2.31. The summed E-state index contributed by atoms with van der Waals surface area (Å²) in [6.45, 7) is 7.70. The Kier molecular flexibility index (Phi) is 7.01. The van der Waals surface area contributed by atoms with E-state index in [1.165, 1.54) is 25.3 Å². The van der Waals surface area contributed by atoms with Crippen molar-refractivity contribution in [3.8, 4) is 0 Å². The van der Waals surface area contributed by atoms with Crippen molar-refractivity contribution in [3.05, 3.63) is 42.5 Å². The lowest BCUT2D eigenvalue weighted by molar-refractivity contribution is -0.111. The van der Waals surface area contributed by atoms with E-state index in [0.29, 0.717) is 29.8 Å². The molecule has 1 heterocycles. The van der Waals surface area contributed by atoms with E-state index in [0.717, 1.165) is 32.7 Å². The van der Waals surface area contributed by atoms with Crippen LogP contribution in [0.3, 0.4) is 0 Å². The van der Waals surface area contributed by atoms with E-state index in [1.54, 1.807) is 24.3 Å². The lowest BCUT2D eigenvalue weighted by Crippen LogP contribution is -2.50. The van der Waals surface area contributed by atoms with E-state index in [4.69, 9.17) is 4.74 Å². The van der Waals surface area contributed by atoms with E-state index in [9.17, 15) is 9.59 Å². The predicted molar refractivity (Wildman–Crippen MR) is 106 cm³/mol. The molecule has 0 spiro atoms. The van der Waals surface area contributed by atoms with Gasteiger partial charge in [-0.15, -0.1) is 0 Å². The first-order valence-electron chi connectivity index (χ1n) is 9.81. The van der Waals surface area contributed by atoms with Gasteiger partial charge in [-0.2, -0.15) is 0 Å². The van der Waals surface area contributed by atoms with Crippen molar-refractivity contribution in [1.82, 2.24) is 10.2 Å². The molecule has 1 aromatic rings. The third kappa shape index (κ3) is 5.40. The van der Waals surface area contributed by atoms with Crippen molar-refractivity contribution < 1.29 is 14.3 Å². The largest absolute Gasteiger partial charge is 0.379 e. The molecule has 2 N–H and O–H groups in total. The molecule has 3 rings (SSSR count). The van der Waals surface area contributed by atoms with E-state index in [1.807, 2.05) is 0 Å². The van der Waals surface area contributed by atoms with Gasteiger partial charge in [0.2, 0.25) is 5.91 Å². The van der Waals surface area contributed by atoms with Crippen molar-refractivity contribution in [3.63, 3.8) is 0 Å². The SMILES string of the molecule is C=CC(=O)Nc1cccc(C(=O)NC[C@@H]2CCCC[C@@H]2N2CCOCC2)c1. The summed E-state index contributed by atoms with van der Waals surface area (Å²) in [6.07, 6.45) is 6.05. The molecule has 2 fully saturated rings. The summed E-state index contributed by atoms with van der Waals surface area (Å²) < 4.78 is 5.48. The average Bonchev–Trinajstić information content (AvgIpc) is 2.73. The number of morpholine rings is 1. The van der Waals surface area contributed by atoms with Crippen LogP contribution in [-0.2, 0) is 9.53 Å². The van der Waals surface area contributed by atoms with Gasteiger partial charge in [-0.3, -0.25) is 14.5 Å². The van der Waals surface area contributed by atoms with Crippen molar-refractivity contribution in [2.24, 2.45) is 5.92 Å². The highest BCUT2D eigenvalue weighted by molar-refractivity contribution is 6.00. The van der Waals surface area contributed by atoms with Gasteiger partial charge in [0.25, 0.3) is 5.91 Å². The Labute approximate surface area is 161 Å². The third-order valence-electron chi connectivity index (χ3n) is 5.49. The van der Waals surface area contributed by atoms with Crippen LogP contribution in [-0.4, -0.2) is 55.6 Å². The number of anilines is 1. The first-order chi connectivity index (χ1) is 13.2. The van der Waals surface area contributed by atoms with Crippen molar-refractivity contribution in [2.45, 2.75) is 31.7 Å². The minimum atomic E-state index is -0.289. The molecule has 0 bridgehead atoms. The van der Waals surface area contributed by atoms with E-state index in [-0.39, 0.29) is 11.8 Å². The lowest BCUT2D eigenvalue weighted by Gasteiger charge is -2.41. The van der Waals surface area contributed by atoms with Crippen LogP contribution in [0.4, 0.5) is 5.69 Å². The monoisotopic (exact) mass is 371 g/mol. The number of benzene rings is 1. The Balaban J connectivity index is 1.57. The number of carbonyl (C=O) groups is 2. The van der Waals surface area contributed by atoms with E-state index in [2.05, 4.69) is 22.1 Å². The molecule has 0 aromatic heterocycles. The maximum Gasteiger partial charge on any atom is 0.251 e. The quantitative estimate of drug-likeness (QED) is 0.754. The fourth-order valence-corrected chi connectivity index (χ4v) is 4.07. The second kappa shape index (κ2) is 9.67. The number of nitrogens with one attached hydrogen (secondary N) is 2. The van der Waals surface area contributed by atoms with Gasteiger partial charge in [-0.25, -0.2) is 0 Å². The normalized spacial score (nSPS) is 23.4. The van der Waals surface area contributed by atoms with Crippen LogP contribution < -0.4 is 10.6 Å². The molecule has 1 saturated heterocycles. The number of hydrogen-bond donors (Lipinski definition) is 2. The van der Waals surface area contributed by atoms with Crippen molar-refractivity contribution in [2.75, 3.05) is 38.2 Å². The maximum atomic E-state index is 12.6. The fourth-order valence-electron chi connectivity index (χ4n) is 4.07. The van der Waals surface area contributed by atoms with Gasteiger partial charge < -0.3 is 15.4 Å². The van der Waals surface area contributed by atoms with E-state index < -0.39 is 0 Å². The summed E-state index contributed by atoms with van der Waals surface area (Å²) in [5, 5.41) is 5.79. The van der Waals surface area contributed by atoms with Crippen LogP contribution in [0.1, 0.15) is 36.0 Å². The summed E-state index contributed by atoms with van der Waals surface area (Å²) in [5.74, 6) is 0.0866. The standard InChI is InChI=1S/C21H29N3O3/c1-2-20(25)23-18-8-5-7-16(14-18)21(26)22-15-17-6-3-4-9-19(17)24-10-12-27-13-11-24/h2,5,7-8,14,17,19H,1,3-4,6,9-13,15H2,(H,22,26)(H,23,25)/t17-,19-/m0/s1. The number of amides is 2. The molecular formula is C21H29N3O3. The Morgan fingerprint density at radius 2 is 2.00 bits per heavy atom. The van der Waals surface area contributed by atoms with Crippen LogP contribution >= 0.6 is 0 Å². The van der Waals surface area contributed by atoms with Crippen LogP contribution in [0.5, 0.6) is 0 Å². The second-order valence-electron chi connectivity index (χ2n) is 7.24. The summed E-state index contributed by atoms with van der Waals surface area (Å²) in [4.78, 5) is 26.6. The molecule has 27 heavy (non-hydrogen) atoms. The second-order valence-corrected chi connectivity index (χ2v) is 7.24. The number of hydrogen-bond acceptors (Lipinski definition) is 4. The van der Waals surface area contributed by atoms with E-state index >= 15 is 0 Å². The van der Waals surface area contributed by atoms with Gasteiger partial charge in [0.15, 0.2) is 0 Å². The molecule has 2 amide bonds. The van der Waals surface area contributed by atoms with Crippen LogP contribution in [0, 0.1) is 5.92 Å². The molecule has 0 unspecified atom stereocenters. The van der Waals surface area contributed by atoms with Gasteiger partial charge >= 0.3 is 0 Å². The zero-order chi connectivity index (χ0) is 19.1. The maximum absolute atomic E-state index is 12.6. The minimum Gasteiger partial charge on any atom is -0.379 e. The van der Waals surface area contributed by atoms with Gasteiger partial charge in [0, 0.05) is 36.9 Å². The summed E-state index contributed by atoms with van der Waals surface area (Å²) in [6, 6.07) is 7.51. The lowest BCUT2D eigenvalue weighted by atomic mass is 9.83. The number of carbonyl (C=O) groups excluding carboxylic acids is 2. The summed E-state index contributed by atoms with van der Waals surface area (Å²) in [5.41, 5.74) is 1.15. The average molecular weight is 371 g/mol. The van der Waals surface area contributed by atoms with Gasteiger partial charge in [-0.05, 0) is 43.0 Å². The third-order valence-corrected chi connectivity index (χ3v) is 5.49. The minimum absolute atomic E-state index is 0.101. The molecular weight excluding hydrogens is 342 g/mol. The molecule has 1 saturated carbocycles. The van der Waals surface area contributed by atoms with Crippen molar-refractivity contribution >= 4 is 17.5 Å². The van der Waals surface area contributed by atoms with Crippen LogP contribution in [0.15, 0.2) is 36.9 Å². The van der Waals surface area contributed by atoms with Crippen molar-refractivity contribution in [1.29, 1.82) is 0 Å². The van der Waals surface area contributed by atoms with Crippen LogP contribution in [0.2, 0.25) is 0 Å². The zero-order valence-electron chi connectivity index (χ0n) is 15.8. The highest BCUT2D eigenvalue weighted by Crippen LogP contribution is 2.28. The molecule has 0 radical (unpaired) electrons. The first kappa shape index (κ1) is 19.6. The number of rotatable bonds is 6. The molecule has 6 nitrogen and oxygen atoms in total. The highest BCUT2D eigenvalue weighted by atomic mass is 16.5.